The molecule has 2 bridgehead atoms. The van der Waals surface area contributed by atoms with Crippen molar-refractivity contribution in [3.8, 4) is 5.75 Å². The quantitative estimate of drug-likeness (QED) is 0.853. The first kappa shape index (κ1) is 13.9. The molecular weight excluding hydrogens is 295 g/mol. The topological polar surface area (TPSA) is 30.3 Å². The summed E-state index contributed by atoms with van der Waals surface area (Å²) in [5, 5.41) is 5.26. The van der Waals surface area contributed by atoms with E-state index < -0.39 is 6.36 Å². The molecule has 3 unspecified atom stereocenters. The molecular formula is C15H16F3N3O. The number of likely N-dealkylation sites (tertiary alicyclic amines) is 1. The van der Waals surface area contributed by atoms with Crippen LogP contribution in [0.3, 0.4) is 0 Å². The van der Waals surface area contributed by atoms with Crippen LogP contribution in [0.5, 0.6) is 5.75 Å². The van der Waals surface area contributed by atoms with Gasteiger partial charge in [0.2, 0.25) is 0 Å². The Balaban J connectivity index is 1.68. The molecule has 1 aliphatic carbocycles. The first-order valence-electron chi connectivity index (χ1n) is 7.34. The molecule has 0 amide bonds. The zero-order chi connectivity index (χ0) is 15.5. The Morgan fingerprint density at radius 1 is 1.27 bits per heavy atom. The summed E-state index contributed by atoms with van der Waals surface area (Å²) in [6, 6.07) is 5.21. The number of hydrogen-bond acceptors (Lipinski definition) is 3. The molecule has 2 heterocycles. The normalized spacial score (nSPS) is 28.6. The zero-order valence-electron chi connectivity index (χ0n) is 12.0. The van der Waals surface area contributed by atoms with Crippen LogP contribution in [-0.2, 0) is 0 Å². The maximum atomic E-state index is 12.4. The van der Waals surface area contributed by atoms with Crippen LogP contribution >= 0.6 is 0 Å². The van der Waals surface area contributed by atoms with Gasteiger partial charge in [0, 0.05) is 24.0 Å². The molecule has 1 saturated heterocycles. The summed E-state index contributed by atoms with van der Waals surface area (Å²) in [7, 11) is 2.12. The number of aromatic nitrogens is 2. The Bertz CT molecular complexity index is 710. The van der Waals surface area contributed by atoms with Crippen molar-refractivity contribution < 1.29 is 17.9 Å². The van der Waals surface area contributed by atoms with Crippen molar-refractivity contribution in [1.29, 1.82) is 0 Å². The number of ether oxygens (including phenoxy) is 1. The van der Waals surface area contributed by atoms with E-state index in [1.54, 1.807) is 12.3 Å². The lowest BCUT2D eigenvalue weighted by molar-refractivity contribution is -0.274. The SMILES string of the molecule is CN1CC2CC1CC2n1ncc2ccc(OC(F)(F)F)cc21. The molecule has 1 aromatic heterocycles. The van der Waals surface area contributed by atoms with Gasteiger partial charge >= 0.3 is 6.36 Å². The zero-order valence-corrected chi connectivity index (χ0v) is 12.0. The van der Waals surface area contributed by atoms with Crippen molar-refractivity contribution in [2.45, 2.75) is 31.3 Å². The highest BCUT2D eigenvalue weighted by Gasteiger charge is 2.44. The molecule has 4 nitrogen and oxygen atoms in total. The molecule has 0 N–H and O–H groups in total. The number of fused-ring (bicyclic) bond motifs is 3. The highest BCUT2D eigenvalue weighted by Crippen LogP contribution is 2.45. The van der Waals surface area contributed by atoms with E-state index >= 15 is 0 Å². The van der Waals surface area contributed by atoms with Crippen LogP contribution in [0.4, 0.5) is 13.2 Å². The van der Waals surface area contributed by atoms with Crippen molar-refractivity contribution in [3.63, 3.8) is 0 Å². The van der Waals surface area contributed by atoms with Gasteiger partial charge in [-0.25, -0.2) is 0 Å². The molecule has 1 saturated carbocycles. The number of benzene rings is 1. The van der Waals surface area contributed by atoms with E-state index in [-0.39, 0.29) is 11.8 Å². The molecule has 118 valence electrons. The summed E-state index contributed by atoms with van der Waals surface area (Å²) in [5.41, 5.74) is 0.710. The van der Waals surface area contributed by atoms with Crippen LogP contribution in [0.25, 0.3) is 10.9 Å². The first-order chi connectivity index (χ1) is 10.4. The van der Waals surface area contributed by atoms with Crippen molar-refractivity contribution in [3.05, 3.63) is 24.4 Å². The van der Waals surface area contributed by atoms with E-state index in [1.165, 1.54) is 12.1 Å². The van der Waals surface area contributed by atoms with Gasteiger partial charge in [0.15, 0.2) is 0 Å². The average Bonchev–Trinajstić information content (AvgIpc) is 3.08. The molecule has 1 aliphatic heterocycles. The lowest BCUT2D eigenvalue weighted by atomic mass is 10.0. The number of rotatable bonds is 2. The molecule has 1 aromatic carbocycles. The molecule has 0 spiro atoms. The van der Waals surface area contributed by atoms with Gasteiger partial charge in [-0.1, -0.05) is 0 Å². The Kier molecular flexibility index (Phi) is 2.91. The van der Waals surface area contributed by atoms with Gasteiger partial charge in [-0.05, 0) is 37.9 Å². The van der Waals surface area contributed by atoms with Crippen LogP contribution in [0.2, 0.25) is 0 Å². The number of alkyl halides is 3. The van der Waals surface area contributed by atoms with Crippen molar-refractivity contribution in [2.24, 2.45) is 5.92 Å². The van der Waals surface area contributed by atoms with E-state index in [0.29, 0.717) is 17.5 Å². The maximum Gasteiger partial charge on any atom is 0.573 e. The second-order valence-electron chi connectivity index (χ2n) is 6.25. The Labute approximate surface area is 125 Å². The average molecular weight is 311 g/mol. The number of piperidine rings is 1. The molecule has 3 atom stereocenters. The van der Waals surface area contributed by atoms with Crippen LogP contribution in [0, 0.1) is 5.92 Å². The van der Waals surface area contributed by atoms with Crippen LogP contribution in [0.15, 0.2) is 24.4 Å². The standard InChI is InChI=1S/C15H16F3N3O/c1-20-8-10-4-11(20)5-13(10)21-14-6-12(22-15(16,17)18)3-2-9(14)7-19-21/h2-3,6-7,10-11,13H,4-5,8H2,1H3. The summed E-state index contributed by atoms with van der Waals surface area (Å²) in [4.78, 5) is 2.35. The van der Waals surface area contributed by atoms with Gasteiger partial charge in [-0.15, -0.1) is 13.2 Å². The molecule has 0 radical (unpaired) electrons. The molecule has 22 heavy (non-hydrogen) atoms. The fourth-order valence-corrected chi connectivity index (χ4v) is 3.93. The Hall–Kier alpha value is -1.76. The maximum absolute atomic E-state index is 12.4. The molecule has 7 heteroatoms. The Morgan fingerprint density at radius 3 is 2.73 bits per heavy atom. The van der Waals surface area contributed by atoms with Crippen LogP contribution in [0.1, 0.15) is 18.9 Å². The summed E-state index contributed by atoms with van der Waals surface area (Å²) in [5.74, 6) is 0.326. The van der Waals surface area contributed by atoms with Gasteiger partial charge < -0.3 is 9.64 Å². The summed E-state index contributed by atoms with van der Waals surface area (Å²) >= 11 is 0. The van der Waals surface area contributed by atoms with Gasteiger partial charge in [0.1, 0.15) is 5.75 Å². The van der Waals surface area contributed by atoms with E-state index in [4.69, 9.17) is 0 Å². The summed E-state index contributed by atoms with van der Waals surface area (Å²) < 4.78 is 43.1. The predicted octanol–water partition coefficient (Wildman–Crippen LogP) is 3.20. The smallest absolute Gasteiger partial charge is 0.406 e. The van der Waals surface area contributed by atoms with E-state index in [2.05, 4.69) is 21.8 Å². The van der Waals surface area contributed by atoms with Crippen molar-refractivity contribution in [2.75, 3.05) is 13.6 Å². The number of halogens is 3. The third-order valence-electron chi connectivity index (χ3n) is 4.90. The monoisotopic (exact) mass is 311 g/mol. The minimum atomic E-state index is -4.67. The largest absolute Gasteiger partial charge is 0.573 e. The van der Waals surface area contributed by atoms with Gasteiger partial charge in [0.05, 0.1) is 17.8 Å². The molecule has 2 aromatic rings. The molecule has 2 aliphatic rings. The summed E-state index contributed by atoms with van der Waals surface area (Å²) in [6.07, 6.45) is -0.820. The summed E-state index contributed by atoms with van der Waals surface area (Å²) in [6.45, 7) is 1.02. The predicted molar refractivity (Wildman–Crippen MR) is 74.6 cm³/mol. The highest BCUT2D eigenvalue weighted by atomic mass is 19.4. The first-order valence-corrected chi connectivity index (χ1v) is 7.34. The second-order valence-corrected chi connectivity index (χ2v) is 6.25. The number of nitrogens with zero attached hydrogens (tertiary/aromatic N) is 3. The fourth-order valence-electron chi connectivity index (χ4n) is 3.93. The third kappa shape index (κ3) is 2.24. The minimum Gasteiger partial charge on any atom is -0.406 e. The van der Waals surface area contributed by atoms with Gasteiger partial charge in [-0.3, -0.25) is 4.68 Å². The highest BCUT2D eigenvalue weighted by molar-refractivity contribution is 5.80. The minimum absolute atomic E-state index is 0.193. The van der Waals surface area contributed by atoms with Crippen LogP contribution in [-0.4, -0.2) is 40.7 Å². The van der Waals surface area contributed by atoms with E-state index in [9.17, 15) is 13.2 Å². The third-order valence-corrected chi connectivity index (χ3v) is 4.90. The van der Waals surface area contributed by atoms with Gasteiger partial charge in [-0.2, -0.15) is 5.10 Å². The van der Waals surface area contributed by atoms with Crippen molar-refractivity contribution >= 4 is 10.9 Å². The lowest BCUT2D eigenvalue weighted by Gasteiger charge is -2.29. The van der Waals surface area contributed by atoms with Crippen molar-refractivity contribution in [1.82, 2.24) is 14.7 Å². The fraction of sp³-hybridized carbons (Fsp3) is 0.533. The molecule has 2 fully saturated rings. The Morgan fingerprint density at radius 2 is 2.09 bits per heavy atom. The lowest BCUT2D eigenvalue weighted by Crippen LogP contribution is -2.33. The van der Waals surface area contributed by atoms with Gasteiger partial charge in [0.25, 0.3) is 0 Å². The second kappa shape index (κ2) is 4.62. The molecule has 4 rings (SSSR count). The van der Waals surface area contributed by atoms with E-state index in [1.807, 2.05) is 4.68 Å². The van der Waals surface area contributed by atoms with E-state index in [0.717, 1.165) is 24.8 Å². The number of hydrogen-bond donors (Lipinski definition) is 0. The van der Waals surface area contributed by atoms with Crippen LogP contribution < -0.4 is 4.74 Å².